The van der Waals surface area contributed by atoms with Gasteiger partial charge in [0.05, 0.1) is 19.8 Å². The van der Waals surface area contributed by atoms with Crippen LogP contribution in [0.1, 0.15) is 29.0 Å². The minimum Gasteiger partial charge on any atom is -0.494 e. The first kappa shape index (κ1) is 23.4. The molecule has 32 heavy (non-hydrogen) atoms. The Kier molecular flexibility index (Phi) is 7.66. The number of likely N-dealkylation sites (N-methyl/N-ethyl adjacent to an activating group) is 1. The zero-order chi connectivity index (χ0) is 22.6. The summed E-state index contributed by atoms with van der Waals surface area (Å²) in [6.07, 6.45) is 0.974. The Morgan fingerprint density at radius 1 is 1.09 bits per heavy atom. The van der Waals surface area contributed by atoms with Crippen LogP contribution in [-0.2, 0) is 11.3 Å². The van der Waals surface area contributed by atoms with Gasteiger partial charge in [0.25, 0.3) is 0 Å². The van der Waals surface area contributed by atoms with E-state index in [1.807, 2.05) is 18.2 Å². The average molecular weight is 467 g/mol. The van der Waals surface area contributed by atoms with Crippen molar-refractivity contribution in [2.24, 2.45) is 0 Å². The molecule has 0 saturated carbocycles. The first-order valence-electron chi connectivity index (χ1n) is 11.0. The van der Waals surface area contributed by atoms with Crippen molar-refractivity contribution in [1.82, 2.24) is 9.80 Å². The van der Waals surface area contributed by atoms with E-state index in [2.05, 4.69) is 29.0 Å². The topological polar surface area (TPSA) is 24.9 Å². The van der Waals surface area contributed by atoms with Crippen LogP contribution in [0.3, 0.4) is 0 Å². The lowest BCUT2D eigenvalue weighted by Crippen LogP contribution is -2.37. The molecule has 0 bridgehead atoms. The Bertz CT molecular complexity index is 886. The van der Waals surface area contributed by atoms with Gasteiger partial charge in [-0.3, -0.25) is 4.90 Å². The number of morpholine rings is 1. The van der Waals surface area contributed by atoms with Crippen LogP contribution in [0.4, 0.5) is 13.2 Å². The van der Waals surface area contributed by atoms with E-state index in [0.717, 1.165) is 63.7 Å². The van der Waals surface area contributed by atoms with Crippen LogP contribution >= 0.6 is 11.8 Å². The fraction of sp³-hybridized carbons (Fsp3) is 0.500. The zero-order valence-electron chi connectivity index (χ0n) is 18.2. The Morgan fingerprint density at radius 3 is 2.56 bits per heavy atom. The van der Waals surface area contributed by atoms with Crippen LogP contribution in [0.5, 0.6) is 5.75 Å². The monoisotopic (exact) mass is 466 g/mol. The van der Waals surface area contributed by atoms with Crippen LogP contribution in [0.15, 0.2) is 47.4 Å². The van der Waals surface area contributed by atoms with Gasteiger partial charge in [-0.15, -0.1) is 0 Å². The van der Waals surface area contributed by atoms with Gasteiger partial charge in [-0.2, -0.15) is 13.2 Å². The van der Waals surface area contributed by atoms with E-state index in [4.69, 9.17) is 9.47 Å². The highest BCUT2D eigenvalue weighted by molar-refractivity contribution is 8.00. The largest absolute Gasteiger partial charge is 0.494 e. The SMILES string of the molecule is CN1Cc2cc(OCCCN3CCOCC3)ccc2C(c2ccc(SC(F)(F)F)cc2)C1. The fourth-order valence-electron chi connectivity index (χ4n) is 4.40. The second-order valence-electron chi connectivity index (χ2n) is 8.38. The molecule has 2 aromatic rings. The molecule has 8 heteroatoms. The molecule has 0 N–H and O–H groups in total. The average Bonchev–Trinajstić information content (AvgIpc) is 2.76. The molecule has 4 rings (SSSR count). The molecular formula is C24H29F3N2O2S. The summed E-state index contributed by atoms with van der Waals surface area (Å²) >= 11 is -0.0736. The van der Waals surface area contributed by atoms with Crippen molar-refractivity contribution in [2.75, 3.05) is 53.0 Å². The summed E-state index contributed by atoms with van der Waals surface area (Å²) in [6.45, 7) is 6.95. The van der Waals surface area contributed by atoms with Crippen molar-refractivity contribution in [1.29, 1.82) is 0 Å². The summed E-state index contributed by atoms with van der Waals surface area (Å²) in [5, 5.41) is 0. The van der Waals surface area contributed by atoms with Gasteiger partial charge in [0.1, 0.15) is 5.75 Å². The second kappa shape index (κ2) is 10.5. The van der Waals surface area contributed by atoms with E-state index in [-0.39, 0.29) is 22.6 Å². The Hall–Kier alpha value is -1.74. The number of ether oxygens (including phenoxy) is 2. The van der Waals surface area contributed by atoms with Crippen molar-refractivity contribution in [3.8, 4) is 5.75 Å². The highest BCUT2D eigenvalue weighted by atomic mass is 32.2. The number of halogens is 3. The van der Waals surface area contributed by atoms with Crippen molar-refractivity contribution in [3.63, 3.8) is 0 Å². The fourth-order valence-corrected chi connectivity index (χ4v) is 4.94. The Balaban J connectivity index is 1.39. The first-order valence-corrected chi connectivity index (χ1v) is 11.8. The molecule has 1 fully saturated rings. The summed E-state index contributed by atoms with van der Waals surface area (Å²) in [4.78, 5) is 4.86. The number of alkyl halides is 3. The van der Waals surface area contributed by atoms with Gasteiger partial charge in [0.15, 0.2) is 0 Å². The molecule has 2 aliphatic heterocycles. The summed E-state index contributed by atoms with van der Waals surface area (Å²) < 4.78 is 49.3. The molecule has 0 radical (unpaired) electrons. The maximum Gasteiger partial charge on any atom is 0.446 e. The Morgan fingerprint density at radius 2 is 1.84 bits per heavy atom. The number of hydrogen-bond donors (Lipinski definition) is 0. The molecule has 4 nitrogen and oxygen atoms in total. The lowest BCUT2D eigenvalue weighted by Gasteiger charge is -2.33. The molecule has 1 atom stereocenters. The van der Waals surface area contributed by atoms with Gasteiger partial charge in [0, 0.05) is 43.5 Å². The van der Waals surface area contributed by atoms with E-state index < -0.39 is 5.51 Å². The summed E-state index contributed by atoms with van der Waals surface area (Å²) in [5.74, 6) is 1.00. The van der Waals surface area contributed by atoms with Crippen LogP contribution < -0.4 is 4.74 Å². The molecule has 0 aromatic heterocycles. The normalized spacial score (nSPS) is 20.2. The number of hydrogen-bond acceptors (Lipinski definition) is 5. The highest BCUT2D eigenvalue weighted by Gasteiger charge is 2.30. The highest BCUT2D eigenvalue weighted by Crippen LogP contribution is 2.39. The van der Waals surface area contributed by atoms with Crippen molar-refractivity contribution in [3.05, 3.63) is 59.2 Å². The van der Waals surface area contributed by atoms with Crippen LogP contribution in [0.2, 0.25) is 0 Å². The van der Waals surface area contributed by atoms with E-state index in [1.165, 1.54) is 11.1 Å². The second-order valence-corrected chi connectivity index (χ2v) is 9.52. The van der Waals surface area contributed by atoms with Crippen LogP contribution in [0.25, 0.3) is 0 Å². The maximum absolute atomic E-state index is 12.6. The van der Waals surface area contributed by atoms with Crippen LogP contribution in [0, 0.1) is 0 Å². The molecular weight excluding hydrogens is 437 g/mol. The number of rotatable bonds is 7. The summed E-state index contributed by atoms with van der Waals surface area (Å²) in [6, 6.07) is 13.0. The molecule has 1 unspecified atom stereocenters. The smallest absolute Gasteiger partial charge is 0.446 e. The molecule has 0 amide bonds. The molecule has 2 aromatic carbocycles. The summed E-state index contributed by atoms with van der Waals surface area (Å²) in [7, 11) is 2.07. The Labute approximate surface area is 191 Å². The van der Waals surface area contributed by atoms with Crippen molar-refractivity contribution < 1.29 is 22.6 Å². The van der Waals surface area contributed by atoms with E-state index in [9.17, 15) is 13.2 Å². The molecule has 2 heterocycles. The number of nitrogens with zero attached hydrogens (tertiary/aromatic N) is 2. The molecule has 0 spiro atoms. The van der Waals surface area contributed by atoms with Gasteiger partial charge in [-0.25, -0.2) is 0 Å². The molecule has 1 saturated heterocycles. The lowest BCUT2D eigenvalue weighted by atomic mass is 9.85. The molecule has 2 aliphatic rings. The predicted molar refractivity (Wildman–Crippen MR) is 120 cm³/mol. The first-order chi connectivity index (χ1) is 15.4. The van der Waals surface area contributed by atoms with Gasteiger partial charge >= 0.3 is 5.51 Å². The number of thioether (sulfide) groups is 1. The third-order valence-electron chi connectivity index (χ3n) is 5.93. The molecule has 0 aliphatic carbocycles. The lowest BCUT2D eigenvalue weighted by molar-refractivity contribution is -0.0328. The van der Waals surface area contributed by atoms with E-state index in [0.29, 0.717) is 6.61 Å². The van der Waals surface area contributed by atoms with Gasteiger partial charge in [0.2, 0.25) is 0 Å². The number of benzene rings is 2. The quantitative estimate of drug-likeness (QED) is 0.424. The van der Waals surface area contributed by atoms with Crippen molar-refractivity contribution >= 4 is 11.8 Å². The van der Waals surface area contributed by atoms with E-state index >= 15 is 0 Å². The van der Waals surface area contributed by atoms with Gasteiger partial charge < -0.3 is 14.4 Å². The van der Waals surface area contributed by atoms with Crippen LogP contribution in [-0.4, -0.2) is 68.4 Å². The predicted octanol–water partition coefficient (Wildman–Crippen LogP) is 4.98. The van der Waals surface area contributed by atoms with Gasteiger partial charge in [-0.05, 0) is 66.2 Å². The number of fused-ring (bicyclic) bond motifs is 1. The van der Waals surface area contributed by atoms with E-state index in [1.54, 1.807) is 12.1 Å². The summed E-state index contributed by atoms with van der Waals surface area (Å²) in [5.41, 5.74) is -0.802. The minimum atomic E-state index is -4.27. The third kappa shape index (κ3) is 6.41. The maximum atomic E-state index is 12.6. The zero-order valence-corrected chi connectivity index (χ0v) is 19.1. The molecule has 174 valence electrons. The standard InChI is InChI=1S/C24H29F3N2O2S/c1-28-16-19-15-20(31-12-2-9-29-10-13-30-14-11-29)5-8-22(19)23(17-28)18-3-6-21(7-4-18)32-24(25,26)27/h3-8,15,23H,2,9-14,16-17H2,1H3. The minimum absolute atomic E-state index is 0.0736. The van der Waals surface area contributed by atoms with Crippen molar-refractivity contribution in [2.45, 2.75) is 29.3 Å². The van der Waals surface area contributed by atoms with Gasteiger partial charge in [-0.1, -0.05) is 18.2 Å². The third-order valence-corrected chi connectivity index (χ3v) is 6.67.